The van der Waals surface area contributed by atoms with E-state index >= 15 is 0 Å². The average Bonchev–Trinajstić information content (AvgIpc) is 3.10. The monoisotopic (exact) mass is 428 g/mol. The number of nitrogens with one attached hydrogen (secondary N) is 2. The van der Waals surface area contributed by atoms with Crippen LogP contribution in [0.4, 0.5) is 5.69 Å². The SMILES string of the molecule is CCCCCc1ccc(NCc2[nH]c(C(=O)OC(C)(C)C)c(CC)c2C(=O)OC)cc1. The summed E-state index contributed by atoms with van der Waals surface area (Å²) < 4.78 is 10.5. The Morgan fingerprint density at radius 3 is 2.26 bits per heavy atom. The van der Waals surface area contributed by atoms with E-state index in [2.05, 4.69) is 29.4 Å². The number of esters is 2. The molecule has 0 bridgehead atoms. The van der Waals surface area contributed by atoms with Crippen molar-refractivity contribution in [3.63, 3.8) is 0 Å². The molecule has 0 radical (unpaired) electrons. The molecule has 0 fully saturated rings. The van der Waals surface area contributed by atoms with Crippen molar-refractivity contribution in [2.75, 3.05) is 12.4 Å². The second-order valence-electron chi connectivity index (χ2n) is 8.69. The maximum atomic E-state index is 12.7. The molecule has 0 unspecified atom stereocenters. The summed E-state index contributed by atoms with van der Waals surface area (Å²) in [6, 6.07) is 8.32. The molecule has 6 nitrogen and oxygen atoms in total. The lowest BCUT2D eigenvalue weighted by molar-refractivity contribution is 0.00622. The van der Waals surface area contributed by atoms with Crippen molar-refractivity contribution in [2.24, 2.45) is 0 Å². The van der Waals surface area contributed by atoms with Crippen LogP contribution >= 0.6 is 0 Å². The molecule has 1 aromatic heterocycles. The van der Waals surface area contributed by atoms with Crippen molar-refractivity contribution in [3.8, 4) is 0 Å². The molecule has 0 atom stereocenters. The molecule has 0 aliphatic rings. The Morgan fingerprint density at radius 2 is 1.71 bits per heavy atom. The number of rotatable bonds is 10. The number of hydrogen-bond donors (Lipinski definition) is 2. The van der Waals surface area contributed by atoms with E-state index in [0.29, 0.717) is 35.5 Å². The molecule has 6 heteroatoms. The van der Waals surface area contributed by atoms with E-state index in [1.165, 1.54) is 31.9 Å². The van der Waals surface area contributed by atoms with Gasteiger partial charge in [0.05, 0.1) is 19.2 Å². The van der Waals surface area contributed by atoms with Gasteiger partial charge in [-0.05, 0) is 63.3 Å². The van der Waals surface area contributed by atoms with Gasteiger partial charge in [-0.2, -0.15) is 0 Å². The Kier molecular flexibility index (Phi) is 8.72. The van der Waals surface area contributed by atoms with Crippen molar-refractivity contribution < 1.29 is 19.1 Å². The number of ether oxygens (including phenoxy) is 2. The lowest BCUT2D eigenvalue weighted by Gasteiger charge is -2.19. The highest BCUT2D eigenvalue weighted by atomic mass is 16.6. The molecule has 0 aliphatic carbocycles. The molecule has 0 saturated heterocycles. The van der Waals surface area contributed by atoms with E-state index < -0.39 is 17.5 Å². The topological polar surface area (TPSA) is 80.4 Å². The second kappa shape index (κ2) is 11.0. The number of methoxy groups -OCH3 is 1. The fourth-order valence-corrected chi connectivity index (χ4v) is 3.49. The first kappa shape index (κ1) is 24.5. The van der Waals surface area contributed by atoms with Crippen LogP contribution in [-0.4, -0.2) is 29.6 Å². The number of aromatic amines is 1. The largest absolute Gasteiger partial charge is 0.465 e. The van der Waals surface area contributed by atoms with Crippen LogP contribution < -0.4 is 5.32 Å². The molecule has 31 heavy (non-hydrogen) atoms. The number of benzene rings is 1. The minimum absolute atomic E-state index is 0.306. The van der Waals surface area contributed by atoms with E-state index in [9.17, 15) is 9.59 Å². The van der Waals surface area contributed by atoms with Crippen LogP contribution in [-0.2, 0) is 28.9 Å². The highest BCUT2D eigenvalue weighted by Gasteiger charge is 2.28. The van der Waals surface area contributed by atoms with Crippen LogP contribution in [0.2, 0.25) is 0 Å². The third-order valence-corrected chi connectivity index (χ3v) is 5.02. The molecule has 0 aliphatic heterocycles. The Bertz CT molecular complexity index is 876. The Balaban J connectivity index is 2.22. The summed E-state index contributed by atoms with van der Waals surface area (Å²) >= 11 is 0. The number of anilines is 1. The van der Waals surface area contributed by atoms with Crippen LogP contribution in [0.3, 0.4) is 0 Å². The third kappa shape index (κ3) is 6.88. The van der Waals surface area contributed by atoms with Gasteiger partial charge in [-0.3, -0.25) is 0 Å². The lowest BCUT2D eigenvalue weighted by atomic mass is 10.1. The lowest BCUT2D eigenvalue weighted by Crippen LogP contribution is -2.24. The number of aryl methyl sites for hydroxylation is 1. The van der Waals surface area contributed by atoms with Gasteiger partial charge in [-0.1, -0.05) is 38.8 Å². The fourth-order valence-electron chi connectivity index (χ4n) is 3.49. The first-order valence-electron chi connectivity index (χ1n) is 11.1. The van der Waals surface area contributed by atoms with Crippen LogP contribution in [0.15, 0.2) is 24.3 Å². The second-order valence-corrected chi connectivity index (χ2v) is 8.69. The minimum atomic E-state index is -0.629. The van der Waals surface area contributed by atoms with Gasteiger partial charge in [-0.15, -0.1) is 0 Å². The molecule has 0 saturated carbocycles. The molecule has 1 heterocycles. The zero-order chi connectivity index (χ0) is 23.0. The van der Waals surface area contributed by atoms with Gasteiger partial charge in [0.25, 0.3) is 0 Å². The molecule has 2 rings (SSSR count). The fraction of sp³-hybridized carbons (Fsp3) is 0.520. The predicted octanol–water partition coefficient (Wildman–Crippen LogP) is 5.66. The maximum Gasteiger partial charge on any atom is 0.355 e. The summed E-state index contributed by atoms with van der Waals surface area (Å²) in [5, 5.41) is 3.34. The first-order valence-corrected chi connectivity index (χ1v) is 11.1. The molecule has 1 aromatic carbocycles. The quantitative estimate of drug-likeness (QED) is 0.377. The van der Waals surface area contributed by atoms with E-state index in [1.54, 1.807) is 0 Å². The standard InChI is InChI=1S/C25H36N2O4/c1-7-9-10-11-17-12-14-18(15-13-17)26-16-20-21(23(28)30-6)19(8-2)22(27-20)24(29)31-25(3,4)5/h12-15,26-27H,7-11,16H2,1-6H3. The molecule has 0 amide bonds. The molecule has 170 valence electrons. The first-order chi connectivity index (χ1) is 14.7. The van der Waals surface area contributed by atoms with E-state index in [0.717, 1.165) is 12.1 Å². The molecule has 2 aromatic rings. The van der Waals surface area contributed by atoms with Gasteiger partial charge in [0.2, 0.25) is 0 Å². The van der Waals surface area contributed by atoms with Crippen LogP contribution in [0, 0.1) is 0 Å². The zero-order valence-corrected chi connectivity index (χ0v) is 19.7. The molecule has 0 spiro atoms. The maximum absolute atomic E-state index is 12.7. The number of carbonyl (C=O) groups excluding carboxylic acids is 2. The Labute approximate surface area is 185 Å². The minimum Gasteiger partial charge on any atom is -0.465 e. The van der Waals surface area contributed by atoms with Crippen LogP contribution in [0.5, 0.6) is 0 Å². The number of carbonyl (C=O) groups is 2. The third-order valence-electron chi connectivity index (χ3n) is 5.02. The van der Waals surface area contributed by atoms with Gasteiger partial charge in [-0.25, -0.2) is 9.59 Å². The number of H-pyrrole nitrogens is 1. The van der Waals surface area contributed by atoms with Crippen LogP contribution in [0.25, 0.3) is 0 Å². The van der Waals surface area contributed by atoms with Gasteiger partial charge in [0.1, 0.15) is 11.3 Å². The molecular formula is C25H36N2O4. The summed E-state index contributed by atoms with van der Waals surface area (Å²) in [6.45, 7) is 9.90. The van der Waals surface area contributed by atoms with Crippen molar-refractivity contribution in [1.29, 1.82) is 0 Å². The van der Waals surface area contributed by atoms with Crippen LogP contribution in [0.1, 0.15) is 91.5 Å². The zero-order valence-electron chi connectivity index (χ0n) is 19.7. The summed E-state index contributed by atoms with van der Waals surface area (Å²) in [5.41, 5.74) is 3.56. The van der Waals surface area contributed by atoms with E-state index in [-0.39, 0.29) is 0 Å². The van der Waals surface area contributed by atoms with Gasteiger partial charge in [0.15, 0.2) is 0 Å². The van der Waals surface area contributed by atoms with E-state index in [4.69, 9.17) is 9.47 Å². The molecule has 2 N–H and O–H groups in total. The Morgan fingerprint density at radius 1 is 1.03 bits per heavy atom. The highest BCUT2D eigenvalue weighted by molar-refractivity contribution is 5.99. The van der Waals surface area contributed by atoms with Crippen molar-refractivity contribution in [3.05, 3.63) is 52.3 Å². The normalized spacial score (nSPS) is 11.3. The van der Waals surface area contributed by atoms with Crippen molar-refractivity contribution in [2.45, 2.75) is 78.9 Å². The Hall–Kier alpha value is -2.76. The van der Waals surface area contributed by atoms with Crippen molar-refractivity contribution in [1.82, 2.24) is 4.98 Å². The molecular weight excluding hydrogens is 392 g/mol. The van der Waals surface area contributed by atoms with Gasteiger partial charge in [0, 0.05) is 11.4 Å². The van der Waals surface area contributed by atoms with E-state index in [1.807, 2.05) is 39.8 Å². The predicted molar refractivity (Wildman–Crippen MR) is 124 cm³/mol. The average molecular weight is 429 g/mol. The number of hydrogen-bond acceptors (Lipinski definition) is 5. The smallest absolute Gasteiger partial charge is 0.355 e. The van der Waals surface area contributed by atoms with Gasteiger partial charge >= 0.3 is 11.9 Å². The summed E-state index contributed by atoms with van der Waals surface area (Å²) in [7, 11) is 1.34. The number of unbranched alkanes of at least 4 members (excludes halogenated alkanes) is 2. The van der Waals surface area contributed by atoms with Gasteiger partial charge < -0.3 is 19.8 Å². The number of aromatic nitrogens is 1. The summed E-state index contributed by atoms with van der Waals surface area (Å²) in [5.74, 6) is -0.942. The summed E-state index contributed by atoms with van der Waals surface area (Å²) in [6.07, 6.45) is 5.23. The van der Waals surface area contributed by atoms with Crippen molar-refractivity contribution >= 4 is 17.6 Å². The highest BCUT2D eigenvalue weighted by Crippen LogP contribution is 2.25. The summed E-state index contributed by atoms with van der Waals surface area (Å²) in [4.78, 5) is 28.3.